The number of aliphatic hydroxyl groups excluding tert-OH is 2. The molecule has 2 N–H and O–H groups in total. The molecular formula is C24H26NNaO7S. The summed E-state index contributed by atoms with van der Waals surface area (Å²) in [6, 6.07) is 22.1. The van der Waals surface area contributed by atoms with Gasteiger partial charge in [0.1, 0.15) is 34.8 Å². The molecule has 2 unspecified atom stereocenters. The summed E-state index contributed by atoms with van der Waals surface area (Å²) in [7, 11) is -4.70. The van der Waals surface area contributed by atoms with Crippen molar-refractivity contribution in [3.05, 3.63) is 84.9 Å². The normalized spacial score (nSPS) is 12.8. The van der Waals surface area contributed by atoms with Gasteiger partial charge in [-0.25, -0.2) is 8.42 Å². The van der Waals surface area contributed by atoms with Crippen LogP contribution in [0, 0.1) is 0 Å². The van der Waals surface area contributed by atoms with Crippen LogP contribution in [-0.2, 0) is 10.1 Å². The molecule has 0 aliphatic heterocycles. The van der Waals surface area contributed by atoms with Gasteiger partial charge < -0.3 is 29.1 Å². The van der Waals surface area contributed by atoms with E-state index in [1.807, 2.05) is 36.4 Å². The van der Waals surface area contributed by atoms with Crippen molar-refractivity contribution in [2.45, 2.75) is 17.0 Å². The monoisotopic (exact) mass is 495 g/mol. The molecule has 0 fully saturated rings. The number of aliphatic hydroxyl groups is 2. The molecule has 2 atom stereocenters. The van der Waals surface area contributed by atoms with Gasteiger partial charge in [0.15, 0.2) is 0 Å². The third kappa shape index (κ3) is 7.99. The number of hydrogen-bond acceptors (Lipinski definition) is 8. The van der Waals surface area contributed by atoms with E-state index in [1.54, 1.807) is 35.2 Å². The molecule has 0 bridgehead atoms. The summed E-state index contributed by atoms with van der Waals surface area (Å²) in [4.78, 5) is 1.21. The van der Waals surface area contributed by atoms with Gasteiger partial charge in [0, 0.05) is 5.69 Å². The maximum absolute atomic E-state index is 11.6. The van der Waals surface area contributed by atoms with Crippen LogP contribution in [0.2, 0.25) is 0 Å². The third-order valence-corrected chi connectivity index (χ3v) is 5.82. The summed E-state index contributed by atoms with van der Waals surface area (Å²) in [6.07, 6.45) is 0. The summed E-state index contributed by atoms with van der Waals surface area (Å²) in [5.41, 5.74) is 0.332. The Hall–Kier alpha value is -2.11. The first-order valence-corrected chi connectivity index (χ1v) is 11.7. The van der Waals surface area contributed by atoms with E-state index in [2.05, 4.69) is 0 Å². The summed E-state index contributed by atoms with van der Waals surface area (Å²) in [5, 5.41) is 20.3. The van der Waals surface area contributed by atoms with Gasteiger partial charge in [-0.3, -0.25) is 0 Å². The van der Waals surface area contributed by atoms with Gasteiger partial charge in [-0.1, -0.05) is 42.5 Å². The summed E-state index contributed by atoms with van der Waals surface area (Å²) >= 11 is 0. The van der Waals surface area contributed by atoms with Crippen molar-refractivity contribution < 1.29 is 62.2 Å². The summed E-state index contributed by atoms with van der Waals surface area (Å²) < 4.78 is 46.4. The molecule has 3 aromatic rings. The number of para-hydroxylation sites is 2. The van der Waals surface area contributed by atoms with E-state index < -0.39 is 27.1 Å². The number of ether oxygens (including phenoxy) is 2. The Kier molecular flexibility index (Phi) is 11.3. The zero-order chi connectivity index (χ0) is 23.7. The fraction of sp³-hybridized carbons (Fsp3) is 0.250. The molecule has 3 aromatic carbocycles. The van der Waals surface area contributed by atoms with E-state index >= 15 is 0 Å². The van der Waals surface area contributed by atoms with Gasteiger partial charge in [0.25, 0.3) is 0 Å². The molecule has 10 heteroatoms. The molecule has 0 aliphatic carbocycles. The number of nitrogens with zero attached hydrogens (tertiary/aromatic N) is 1. The van der Waals surface area contributed by atoms with Crippen LogP contribution >= 0.6 is 0 Å². The largest absolute Gasteiger partial charge is 1.00 e. The molecule has 176 valence electrons. The molecule has 0 amide bonds. The molecule has 3 rings (SSSR count). The van der Waals surface area contributed by atoms with Crippen LogP contribution in [0.15, 0.2) is 89.8 Å². The molecule has 0 saturated carbocycles. The van der Waals surface area contributed by atoms with Crippen LogP contribution in [0.1, 0.15) is 0 Å². The summed E-state index contributed by atoms with van der Waals surface area (Å²) in [6.45, 7) is -0.639. The minimum absolute atomic E-state index is 0. The molecule has 0 spiro atoms. The predicted molar refractivity (Wildman–Crippen MR) is 123 cm³/mol. The second-order valence-electron chi connectivity index (χ2n) is 7.28. The molecule has 0 saturated heterocycles. The average molecular weight is 496 g/mol. The van der Waals surface area contributed by atoms with Crippen LogP contribution in [0.5, 0.6) is 11.5 Å². The van der Waals surface area contributed by atoms with Crippen LogP contribution < -0.4 is 43.9 Å². The van der Waals surface area contributed by atoms with Crippen LogP contribution in [0.25, 0.3) is 0 Å². The maximum atomic E-state index is 11.6. The van der Waals surface area contributed by atoms with Crippen molar-refractivity contribution in [1.29, 1.82) is 0 Å². The van der Waals surface area contributed by atoms with Crippen molar-refractivity contribution in [2.24, 2.45) is 0 Å². The van der Waals surface area contributed by atoms with Crippen LogP contribution in [-0.4, -0.2) is 61.7 Å². The number of rotatable bonds is 12. The number of hydrogen-bond donors (Lipinski definition) is 2. The fourth-order valence-corrected chi connectivity index (χ4v) is 3.89. The van der Waals surface area contributed by atoms with E-state index in [1.165, 1.54) is 18.2 Å². The topological polar surface area (TPSA) is 119 Å². The quantitative estimate of drug-likeness (QED) is 0.250. The first-order valence-electron chi connectivity index (χ1n) is 10.3. The second kappa shape index (κ2) is 13.7. The van der Waals surface area contributed by atoms with Crippen molar-refractivity contribution in [2.75, 3.05) is 31.3 Å². The van der Waals surface area contributed by atoms with Crippen molar-refractivity contribution in [3.63, 3.8) is 0 Å². The molecule has 0 aromatic heterocycles. The Balaban J connectivity index is 0.00000408. The molecular weight excluding hydrogens is 469 g/mol. The fourth-order valence-electron chi connectivity index (χ4n) is 3.38. The molecule has 0 aliphatic rings. The van der Waals surface area contributed by atoms with Crippen molar-refractivity contribution >= 4 is 15.8 Å². The molecule has 0 radical (unpaired) electrons. The van der Waals surface area contributed by atoms with Gasteiger partial charge >= 0.3 is 29.6 Å². The Bertz CT molecular complexity index is 1050. The van der Waals surface area contributed by atoms with E-state index in [-0.39, 0.29) is 56.0 Å². The van der Waals surface area contributed by atoms with Gasteiger partial charge in [-0.15, -0.1) is 0 Å². The minimum Gasteiger partial charge on any atom is -0.744 e. The third-order valence-electron chi connectivity index (χ3n) is 4.98. The Morgan fingerprint density at radius 2 is 1.24 bits per heavy atom. The first kappa shape index (κ1) is 28.1. The first-order chi connectivity index (χ1) is 15.9. The molecule has 8 nitrogen and oxygen atoms in total. The number of anilines is 1. The van der Waals surface area contributed by atoms with E-state index in [0.717, 1.165) is 0 Å². The van der Waals surface area contributed by atoms with E-state index in [0.29, 0.717) is 17.2 Å². The van der Waals surface area contributed by atoms with E-state index in [4.69, 9.17) is 9.47 Å². The molecule has 34 heavy (non-hydrogen) atoms. The Morgan fingerprint density at radius 3 is 1.65 bits per heavy atom. The van der Waals surface area contributed by atoms with Gasteiger partial charge in [0.05, 0.1) is 30.2 Å². The number of benzene rings is 3. The second-order valence-corrected chi connectivity index (χ2v) is 8.66. The Labute approximate surface area is 221 Å². The van der Waals surface area contributed by atoms with Crippen molar-refractivity contribution in [1.82, 2.24) is 0 Å². The van der Waals surface area contributed by atoms with Gasteiger partial charge in [-0.05, 0) is 42.5 Å². The SMILES string of the molecule is O=S(=O)([O-])c1cccc(N(C(CO)COc2ccccc2)C(CO)COc2ccccc2)c1.[Na+]. The maximum Gasteiger partial charge on any atom is 1.00 e. The zero-order valence-corrected chi connectivity index (χ0v) is 21.7. The average Bonchev–Trinajstić information content (AvgIpc) is 2.84. The predicted octanol–water partition coefficient (Wildman–Crippen LogP) is -0.719. The Morgan fingerprint density at radius 1 is 0.765 bits per heavy atom. The smallest absolute Gasteiger partial charge is 0.744 e. The van der Waals surface area contributed by atoms with Gasteiger partial charge in [0.2, 0.25) is 0 Å². The van der Waals surface area contributed by atoms with E-state index in [9.17, 15) is 23.2 Å². The van der Waals surface area contributed by atoms with Gasteiger partial charge in [-0.2, -0.15) is 0 Å². The molecule has 0 heterocycles. The summed E-state index contributed by atoms with van der Waals surface area (Å²) in [5.74, 6) is 1.18. The van der Waals surface area contributed by atoms with Crippen molar-refractivity contribution in [3.8, 4) is 11.5 Å². The minimum atomic E-state index is -4.70. The zero-order valence-electron chi connectivity index (χ0n) is 18.9. The van der Waals surface area contributed by atoms with Crippen LogP contribution in [0.3, 0.4) is 0 Å². The standard InChI is InChI=1S/C24H27NO7S.Na/c26-15-20(17-31-22-9-3-1-4-10-22)25(19-8-7-13-24(14-19)33(28,29)30)21(16-27)18-32-23-11-5-2-6-12-23;/h1-14,20-21,26-27H,15-18H2,(H,28,29,30);/q;+1/p-1. The van der Waals surface area contributed by atoms with Crippen LogP contribution in [0.4, 0.5) is 5.69 Å².